The van der Waals surface area contributed by atoms with Crippen LogP contribution in [0, 0.1) is 10.8 Å². The lowest BCUT2D eigenvalue weighted by molar-refractivity contribution is -0.133. The Morgan fingerprint density at radius 3 is 1.54 bits per heavy atom. The Balaban J connectivity index is 1.51. The molecule has 59 heavy (non-hydrogen) atoms. The lowest BCUT2D eigenvalue weighted by atomic mass is 9.99. The van der Waals surface area contributed by atoms with Crippen molar-refractivity contribution in [1.82, 2.24) is 26.6 Å². The number of carbonyl (C=O) groups is 4. The van der Waals surface area contributed by atoms with Gasteiger partial charge in [0.15, 0.2) is 11.9 Å². The SMILES string of the molecule is N=C(N)NCCC[C@H](NC(=O)[C@H](Cc1ccc(-c2ccccc2)cc1)NC(=O)[C@H](CCCNC(=N)N)NC(=O)[C@@H](N)Cc1ccc(-c2ccc(Cl)c(Cl)c2)cc1)C(N)=O. The fraction of sp³-hybridized carbons (Fsp3) is 0.286. The van der Waals surface area contributed by atoms with Gasteiger partial charge in [0.25, 0.3) is 0 Å². The molecule has 17 heteroatoms. The number of carbonyl (C=O) groups excluding carboxylic acids is 4. The number of rotatable bonds is 21. The van der Waals surface area contributed by atoms with Crippen LogP contribution in [-0.4, -0.2) is 72.8 Å². The van der Waals surface area contributed by atoms with Gasteiger partial charge in [0.1, 0.15) is 18.1 Å². The molecule has 0 heterocycles. The third-order valence-electron chi connectivity index (χ3n) is 9.40. The Morgan fingerprint density at radius 2 is 1.00 bits per heavy atom. The zero-order chi connectivity index (χ0) is 42.9. The van der Waals surface area contributed by atoms with Crippen molar-refractivity contribution in [3.63, 3.8) is 0 Å². The molecule has 4 atom stereocenters. The van der Waals surface area contributed by atoms with Gasteiger partial charge in [0.05, 0.1) is 16.1 Å². The Hall–Kier alpha value is -6.16. The van der Waals surface area contributed by atoms with Crippen LogP contribution in [0.4, 0.5) is 0 Å². The van der Waals surface area contributed by atoms with Crippen molar-refractivity contribution in [3.05, 3.63) is 118 Å². The molecule has 312 valence electrons. The van der Waals surface area contributed by atoms with Gasteiger partial charge in [-0.3, -0.25) is 30.0 Å². The summed E-state index contributed by atoms with van der Waals surface area (Å²) in [5.41, 5.74) is 28.0. The van der Waals surface area contributed by atoms with Crippen LogP contribution in [0.3, 0.4) is 0 Å². The fourth-order valence-corrected chi connectivity index (χ4v) is 6.50. The van der Waals surface area contributed by atoms with E-state index in [-0.39, 0.29) is 50.7 Å². The minimum Gasteiger partial charge on any atom is -0.370 e. The molecule has 0 aromatic heterocycles. The number of primary amides is 1. The number of nitrogens with one attached hydrogen (secondary N) is 7. The van der Waals surface area contributed by atoms with Gasteiger partial charge < -0.3 is 49.5 Å². The first-order chi connectivity index (χ1) is 28.2. The Kier molecular flexibility index (Phi) is 17.5. The van der Waals surface area contributed by atoms with E-state index in [1.54, 1.807) is 12.1 Å². The molecule has 0 unspecified atom stereocenters. The van der Waals surface area contributed by atoms with Gasteiger partial charge in [-0.2, -0.15) is 0 Å². The number of amides is 4. The quantitative estimate of drug-likeness (QED) is 0.0334. The topological polar surface area (TPSA) is 280 Å². The number of nitrogens with two attached hydrogens (primary N) is 4. The van der Waals surface area contributed by atoms with Gasteiger partial charge in [-0.25, -0.2) is 0 Å². The summed E-state index contributed by atoms with van der Waals surface area (Å²) in [6.07, 6.45) is 1.12. The average Bonchev–Trinajstić information content (AvgIpc) is 3.21. The summed E-state index contributed by atoms with van der Waals surface area (Å²) in [4.78, 5) is 53.9. The maximum atomic E-state index is 14.1. The van der Waals surface area contributed by atoms with Crippen molar-refractivity contribution in [2.45, 2.75) is 62.7 Å². The van der Waals surface area contributed by atoms with E-state index in [0.29, 0.717) is 28.5 Å². The van der Waals surface area contributed by atoms with Crippen LogP contribution >= 0.6 is 23.2 Å². The fourth-order valence-electron chi connectivity index (χ4n) is 6.20. The third-order valence-corrected chi connectivity index (χ3v) is 10.1. The Morgan fingerprint density at radius 1 is 0.542 bits per heavy atom. The molecule has 0 radical (unpaired) electrons. The first kappa shape index (κ1) is 45.5. The number of guanidine groups is 2. The first-order valence-electron chi connectivity index (χ1n) is 19.0. The smallest absolute Gasteiger partial charge is 0.243 e. The molecular weight excluding hydrogens is 793 g/mol. The van der Waals surface area contributed by atoms with Crippen molar-refractivity contribution < 1.29 is 19.2 Å². The molecule has 0 aliphatic heterocycles. The van der Waals surface area contributed by atoms with E-state index in [9.17, 15) is 19.2 Å². The van der Waals surface area contributed by atoms with E-state index in [4.69, 9.17) is 57.0 Å². The molecule has 4 rings (SSSR count). The molecule has 0 aliphatic carbocycles. The highest BCUT2D eigenvalue weighted by molar-refractivity contribution is 6.42. The number of hydrogen-bond acceptors (Lipinski definition) is 7. The predicted octanol–water partition coefficient (Wildman–Crippen LogP) is 2.91. The second-order valence-electron chi connectivity index (χ2n) is 14.0. The molecule has 0 saturated carbocycles. The average molecular weight is 845 g/mol. The summed E-state index contributed by atoms with van der Waals surface area (Å²) in [6.45, 7) is 0.512. The van der Waals surface area contributed by atoms with Crippen LogP contribution in [0.1, 0.15) is 36.8 Å². The second kappa shape index (κ2) is 22.7. The predicted molar refractivity (Wildman–Crippen MR) is 232 cm³/mol. The summed E-state index contributed by atoms with van der Waals surface area (Å²) in [7, 11) is 0. The zero-order valence-corrected chi connectivity index (χ0v) is 33.9. The van der Waals surface area contributed by atoms with E-state index in [0.717, 1.165) is 27.8 Å². The standard InChI is InChI=1S/C42H51Cl2N11O4/c43-31-19-18-30(24-32(31)44)29-16-10-25(11-17-29)22-33(45)38(57)54-35(9-5-21-52-42(49)50)39(58)55-36(40(59)53-34(37(46)56)8-4-20-51-41(47)48)23-26-12-14-28(15-13-26)27-6-2-1-3-7-27/h1-3,6-7,10-19,24,33-36H,4-5,8-9,20-23,45H2,(H2,46,56)(H,53,59)(H,54,57)(H,55,58)(H4,47,48,51)(H4,49,50,52)/t33-,34-,35-,36-/m0/s1. The summed E-state index contributed by atoms with van der Waals surface area (Å²) in [6, 6.07) is 25.6. The lowest BCUT2D eigenvalue weighted by Crippen LogP contribution is -2.58. The van der Waals surface area contributed by atoms with E-state index < -0.39 is 47.8 Å². The molecule has 0 saturated heterocycles. The highest BCUT2D eigenvalue weighted by Crippen LogP contribution is 2.29. The largest absolute Gasteiger partial charge is 0.370 e. The van der Waals surface area contributed by atoms with Gasteiger partial charge in [-0.1, -0.05) is 108 Å². The summed E-state index contributed by atoms with van der Waals surface area (Å²) in [5, 5.41) is 29.2. The number of hydrogen-bond donors (Lipinski definition) is 11. The lowest BCUT2D eigenvalue weighted by Gasteiger charge is -2.26. The zero-order valence-electron chi connectivity index (χ0n) is 32.4. The normalized spacial score (nSPS) is 12.9. The number of benzene rings is 4. The highest BCUT2D eigenvalue weighted by Gasteiger charge is 2.30. The van der Waals surface area contributed by atoms with E-state index in [1.165, 1.54) is 0 Å². The van der Waals surface area contributed by atoms with Crippen LogP contribution in [-0.2, 0) is 32.0 Å². The van der Waals surface area contributed by atoms with Gasteiger partial charge >= 0.3 is 0 Å². The monoisotopic (exact) mass is 843 g/mol. The van der Waals surface area contributed by atoms with E-state index >= 15 is 0 Å². The van der Waals surface area contributed by atoms with Crippen LogP contribution in [0.25, 0.3) is 22.3 Å². The van der Waals surface area contributed by atoms with Crippen LogP contribution in [0.15, 0.2) is 97.1 Å². The van der Waals surface area contributed by atoms with Crippen LogP contribution < -0.4 is 49.5 Å². The maximum absolute atomic E-state index is 14.1. The molecule has 0 bridgehead atoms. The molecular formula is C42H51Cl2N11O4. The molecule has 15 nitrogen and oxygen atoms in total. The number of halogens is 2. The minimum absolute atomic E-state index is 0.0360. The Bertz CT molecular complexity index is 2070. The van der Waals surface area contributed by atoms with E-state index in [2.05, 4.69) is 26.6 Å². The maximum Gasteiger partial charge on any atom is 0.243 e. The molecule has 0 fully saturated rings. The Labute approximate surface area is 353 Å². The molecule has 4 aromatic rings. The molecule has 4 aromatic carbocycles. The summed E-state index contributed by atoms with van der Waals surface area (Å²) < 4.78 is 0. The van der Waals surface area contributed by atoms with Crippen LogP contribution in [0.5, 0.6) is 0 Å². The highest BCUT2D eigenvalue weighted by atomic mass is 35.5. The van der Waals surface area contributed by atoms with Gasteiger partial charge in [-0.15, -0.1) is 0 Å². The third kappa shape index (κ3) is 14.9. The van der Waals surface area contributed by atoms with Crippen molar-refractivity contribution in [2.75, 3.05) is 13.1 Å². The van der Waals surface area contributed by atoms with Crippen molar-refractivity contribution in [3.8, 4) is 22.3 Å². The van der Waals surface area contributed by atoms with E-state index in [1.807, 2.05) is 84.9 Å². The molecule has 0 spiro atoms. The van der Waals surface area contributed by atoms with Crippen LogP contribution in [0.2, 0.25) is 10.0 Å². The first-order valence-corrected chi connectivity index (χ1v) is 19.8. The van der Waals surface area contributed by atoms with Crippen molar-refractivity contribution in [1.29, 1.82) is 10.8 Å². The van der Waals surface area contributed by atoms with Gasteiger partial charge in [0.2, 0.25) is 23.6 Å². The molecule has 4 amide bonds. The molecule has 15 N–H and O–H groups in total. The van der Waals surface area contributed by atoms with Gasteiger partial charge in [-0.05, 0) is 77.6 Å². The second-order valence-corrected chi connectivity index (χ2v) is 14.8. The summed E-state index contributed by atoms with van der Waals surface area (Å²) >= 11 is 12.3. The molecule has 0 aliphatic rings. The summed E-state index contributed by atoms with van der Waals surface area (Å²) in [5.74, 6) is -3.19. The van der Waals surface area contributed by atoms with Crippen molar-refractivity contribution in [2.24, 2.45) is 22.9 Å². The minimum atomic E-state index is -1.19. The van der Waals surface area contributed by atoms with Gasteiger partial charge in [0, 0.05) is 19.5 Å². The van der Waals surface area contributed by atoms with Crippen molar-refractivity contribution >= 4 is 58.7 Å².